The van der Waals surface area contributed by atoms with E-state index in [0.29, 0.717) is 0 Å². The van der Waals surface area contributed by atoms with Gasteiger partial charge < -0.3 is 4.74 Å². The monoisotopic (exact) mass is 124 g/mol. The Bertz CT molecular complexity index is 129. The standard InChI is InChI=1S/C8H12O/c1-2-7-4-8(3-1)6-9-5-7/h1-2,7-8H,3-6H2. The summed E-state index contributed by atoms with van der Waals surface area (Å²) in [5, 5.41) is 0. The topological polar surface area (TPSA) is 9.23 Å². The van der Waals surface area contributed by atoms with E-state index in [4.69, 9.17) is 4.74 Å². The molecule has 0 amide bonds. The van der Waals surface area contributed by atoms with E-state index in [9.17, 15) is 0 Å². The van der Waals surface area contributed by atoms with Crippen LogP contribution in [0.5, 0.6) is 0 Å². The highest BCUT2D eigenvalue weighted by Crippen LogP contribution is 2.27. The van der Waals surface area contributed by atoms with Gasteiger partial charge in [0.1, 0.15) is 0 Å². The summed E-state index contributed by atoms with van der Waals surface area (Å²) in [6, 6.07) is 0. The van der Waals surface area contributed by atoms with Gasteiger partial charge in [-0.15, -0.1) is 0 Å². The summed E-state index contributed by atoms with van der Waals surface area (Å²) >= 11 is 0. The predicted octanol–water partition coefficient (Wildman–Crippen LogP) is 1.60. The molecule has 0 aromatic carbocycles. The van der Waals surface area contributed by atoms with Crippen molar-refractivity contribution in [3.05, 3.63) is 12.2 Å². The van der Waals surface area contributed by atoms with Crippen LogP contribution in [0.25, 0.3) is 0 Å². The lowest BCUT2D eigenvalue weighted by Crippen LogP contribution is -2.26. The largest absolute Gasteiger partial charge is 0.381 e. The fraction of sp³-hybridized carbons (Fsp3) is 0.750. The SMILES string of the molecule is C1=CC2COCC(C1)C2. The van der Waals surface area contributed by atoms with Crippen LogP contribution in [-0.2, 0) is 4.74 Å². The van der Waals surface area contributed by atoms with E-state index in [1.165, 1.54) is 12.8 Å². The molecule has 1 heterocycles. The molecule has 1 aliphatic heterocycles. The summed E-state index contributed by atoms with van der Waals surface area (Å²) in [6.45, 7) is 1.97. The van der Waals surface area contributed by atoms with Crippen LogP contribution in [0, 0.1) is 11.8 Å². The Morgan fingerprint density at radius 3 is 3.11 bits per heavy atom. The minimum absolute atomic E-state index is 0.748. The fourth-order valence-corrected chi connectivity index (χ4v) is 1.71. The van der Waals surface area contributed by atoms with Gasteiger partial charge in [-0.05, 0) is 18.8 Å². The first kappa shape index (κ1) is 5.48. The van der Waals surface area contributed by atoms with Crippen molar-refractivity contribution < 1.29 is 4.74 Å². The van der Waals surface area contributed by atoms with E-state index in [1.807, 2.05) is 0 Å². The molecule has 0 N–H and O–H groups in total. The van der Waals surface area contributed by atoms with Crippen LogP contribution >= 0.6 is 0 Å². The van der Waals surface area contributed by atoms with Crippen LogP contribution in [0.2, 0.25) is 0 Å². The zero-order chi connectivity index (χ0) is 6.10. The second-order valence-corrected chi connectivity index (χ2v) is 3.06. The third-order valence-electron chi connectivity index (χ3n) is 2.20. The average molecular weight is 124 g/mol. The number of allylic oxidation sites excluding steroid dienone is 1. The van der Waals surface area contributed by atoms with E-state index in [1.54, 1.807) is 0 Å². The van der Waals surface area contributed by atoms with E-state index in [2.05, 4.69) is 12.2 Å². The number of ether oxygens (including phenoxy) is 1. The highest BCUT2D eigenvalue weighted by atomic mass is 16.5. The van der Waals surface area contributed by atoms with Gasteiger partial charge in [-0.1, -0.05) is 12.2 Å². The fourth-order valence-electron chi connectivity index (χ4n) is 1.71. The highest BCUT2D eigenvalue weighted by molar-refractivity contribution is 4.97. The van der Waals surface area contributed by atoms with Crippen LogP contribution < -0.4 is 0 Å². The Morgan fingerprint density at radius 1 is 1.33 bits per heavy atom. The third-order valence-corrected chi connectivity index (χ3v) is 2.20. The van der Waals surface area contributed by atoms with Gasteiger partial charge in [0.05, 0.1) is 6.61 Å². The molecule has 2 unspecified atom stereocenters. The van der Waals surface area contributed by atoms with Crippen molar-refractivity contribution in [1.29, 1.82) is 0 Å². The number of fused-ring (bicyclic) bond motifs is 2. The second kappa shape index (κ2) is 2.14. The van der Waals surface area contributed by atoms with Crippen molar-refractivity contribution >= 4 is 0 Å². The molecule has 0 radical (unpaired) electrons. The summed E-state index contributed by atoms with van der Waals surface area (Å²) in [7, 11) is 0. The number of rotatable bonds is 0. The molecule has 0 aromatic rings. The number of hydrogen-bond acceptors (Lipinski definition) is 1. The van der Waals surface area contributed by atoms with Crippen molar-refractivity contribution in [3.8, 4) is 0 Å². The first-order valence-electron chi connectivity index (χ1n) is 3.69. The molecule has 2 aliphatic rings. The lowest BCUT2D eigenvalue weighted by atomic mass is 9.86. The second-order valence-electron chi connectivity index (χ2n) is 3.06. The van der Waals surface area contributed by atoms with E-state index < -0.39 is 0 Å². The molecular weight excluding hydrogens is 112 g/mol. The molecule has 0 spiro atoms. The molecule has 2 bridgehead atoms. The molecule has 0 aromatic heterocycles. The maximum Gasteiger partial charge on any atom is 0.0529 e. The van der Waals surface area contributed by atoms with Gasteiger partial charge in [0, 0.05) is 12.5 Å². The summed E-state index contributed by atoms with van der Waals surface area (Å²) < 4.78 is 5.39. The molecule has 2 atom stereocenters. The molecule has 1 heteroatoms. The highest BCUT2D eigenvalue weighted by Gasteiger charge is 2.22. The van der Waals surface area contributed by atoms with Crippen molar-refractivity contribution in [3.63, 3.8) is 0 Å². The van der Waals surface area contributed by atoms with Crippen molar-refractivity contribution in [2.75, 3.05) is 13.2 Å². The molecule has 0 saturated carbocycles. The van der Waals surface area contributed by atoms with Crippen LogP contribution in [-0.4, -0.2) is 13.2 Å². The van der Waals surface area contributed by atoms with Crippen LogP contribution in [0.15, 0.2) is 12.2 Å². The number of hydrogen-bond donors (Lipinski definition) is 0. The Balaban J connectivity index is 2.09. The first-order valence-corrected chi connectivity index (χ1v) is 3.69. The maximum absolute atomic E-state index is 5.39. The summed E-state index contributed by atoms with van der Waals surface area (Å²) in [6.07, 6.45) is 7.23. The Morgan fingerprint density at radius 2 is 2.33 bits per heavy atom. The summed E-state index contributed by atoms with van der Waals surface area (Å²) in [5.74, 6) is 1.59. The van der Waals surface area contributed by atoms with Gasteiger partial charge in [0.2, 0.25) is 0 Å². The van der Waals surface area contributed by atoms with Crippen molar-refractivity contribution in [2.45, 2.75) is 12.8 Å². The van der Waals surface area contributed by atoms with Gasteiger partial charge >= 0.3 is 0 Å². The average Bonchev–Trinajstić information content (AvgIpc) is 1.88. The van der Waals surface area contributed by atoms with Gasteiger partial charge in [-0.25, -0.2) is 0 Å². The van der Waals surface area contributed by atoms with E-state index in [-0.39, 0.29) is 0 Å². The molecule has 1 nitrogen and oxygen atoms in total. The zero-order valence-corrected chi connectivity index (χ0v) is 5.55. The van der Waals surface area contributed by atoms with E-state index in [0.717, 1.165) is 25.0 Å². The normalized spacial score (nSPS) is 40.9. The van der Waals surface area contributed by atoms with Gasteiger partial charge in [-0.3, -0.25) is 0 Å². The van der Waals surface area contributed by atoms with Crippen molar-refractivity contribution in [1.82, 2.24) is 0 Å². The van der Waals surface area contributed by atoms with Crippen LogP contribution in [0.1, 0.15) is 12.8 Å². The molecule has 1 saturated heterocycles. The molecule has 2 rings (SSSR count). The third kappa shape index (κ3) is 1.01. The minimum atomic E-state index is 0.748. The zero-order valence-electron chi connectivity index (χ0n) is 5.55. The Kier molecular flexibility index (Phi) is 1.31. The molecule has 9 heavy (non-hydrogen) atoms. The van der Waals surface area contributed by atoms with E-state index >= 15 is 0 Å². The van der Waals surface area contributed by atoms with Crippen LogP contribution in [0.4, 0.5) is 0 Å². The lowest BCUT2D eigenvalue weighted by Gasteiger charge is -2.29. The molecule has 1 aliphatic carbocycles. The van der Waals surface area contributed by atoms with Crippen LogP contribution in [0.3, 0.4) is 0 Å². The maximum atomic E-state index is 5.39. The lowest BCUT2D eigenvalue weighted by molar-refractivity contribution is 0.0261. The minimum Gasteiger partial charge on any atom is -0.381 e. The van der Waals surface area contributed by atoms with Gasteiger partial charge in [0.15, 0.2) is 0 Å². The summed E-state index contributed by atoms with van der Waals surface area (Å²) in [4.78, 5) is 0. The quantitative estimate of drug-likeness (QED) is 0.446. The van der Waals surface area contributed by atoms with Crippen molar-refractivity contribution in [2.24, 2.45) is 11.8 Å². The van der Waals surface area contributed by atoms with Gasteiger partial charge in [0.25, 0.3) is 0 Å². The Labute approximate surface area is 55.7 Å². The molecular formula is C8H12O. The summed E-state index contributed by atoms with van der Waals surface area (Å²) in [5.41, 5.74) is 0. The molecule has 50 valence electrons. The predicted molar refractivity (Wildman–Crippen MR) is 36.2 cm³/mol. The first-order chi connectivity index (χ1) is 4.45. The Hall–Kier alpha value is -0.300. The molecule has 1 fully saturated rings. The smallest absolute Gasteiger partial charge is 0.0529 e. The van der Waals surface area contributed by atoms with Gasteiger partial charge in [-0.2, -0.15) is 0 Å².